The van der Waals surface area contributed by atoms with Crippen LogP contribution in [0.15, 0.2) is 30.5 Å². The topological polar surface area (TPSA) is 29.9 Å². The van der Waals surface area contributed by atoms with Crippen molar-refractivity contribution < 1.29 is 0 Å². The predicted octanol–water partition coefficient (Wildman–Crippen LogP) is 3.39. The van der Waals surface area contributed by atoms with E-state index < -0.39 is 0 Å². The molecule has 0 saturated heterocycles. The van der Waals surface area contributed by atoms with Crippen LogP contribution in [0, 0.1) is 6.92 Å². The van der Waals surface area contributed by atoms with Crippen molar-refractivity contribution in [3.63, 3.8) is 0 Å². The zero-order chi connectivity index (χ0) is 13.8. The van der Waals surface area contributed by atoms with Gasteiger partial charge >= 0.3 is 0 Å². The molecule has 0 aliphatic carbocycles. The molecule has 0 spiro atoms. The van der Waals surface area contributed by atoms with Crippen molar-refractivity contribution in [2.24, 2.45) is 0 Å². The third kappa shape index (κ3) is 4.08. The molecule has 0 amide bonds. The molecule has 0 aliphatic heterocycles. The Morgan fingerprint density at radius 1 is 1.26 bits per heavy atom. The van der Waals surface area contributed by atoms with E-state index in [2.05, 4.69) is 37.4 Å². The number of benzene rings is 1. The quantitative estimate of drug-likeness (QED) is 0.908. The van der Waals surface area contributed by atoms with Crippen LogP contribution in [0.2, 0.25) is 5.02 Å². The lowest BCUT2D eigenvalue weighted by Gasteiger charge is -2.06. The fourth-order valence-electron chi connectivity index (χ4n) is 1.90. The summed E-state index contributed by atoms with van der Waals surface area (Å²) in [7, 11) is 0. The van der Waals surface area contributed by atoms with Gasteiger partial charge in [-0.15, -0.1) is 0 Å². The van der Waals surface area contributed by atoms with E-state index >= 15 is 0 Å². The summed E-state index contributed by atoms with van der Waals surface area (Å²) < 4.78 is 1.98. The van der Waals surface area contributed by atoms with Crippen molar-refractivity contribution in [3.8, 4) is 0 Å². The van der Waals surface area contributed by atoms with E-state index in [0.717, 1.165) is 23.8 Å². The molecule has 3 nitrogen and oxygen atoms in total. The highest BCUT2D eigenvalue weighted by molar-refractivity contribution is 6.30. The van der Waals surface area contributed by atoms with Crippen LogP contribution in [-0.2, 0) is 13.1 Å². The highest BCUT2D eigenvalue weighted by atomic mass is 35.5. The van der Waals surface area contributed by atoms with Crippen LogP contribution in [0.25, 0.3) is 0 Å². The van der Waals surface area contributed by atoms with E-state index in [1.54, 1.807) is 0 Å². The third-order valence-corrected chi connectivity index (χ3v) is 3.26. The Morgan fingerprint density at radius 2 is 1.95 bits per heavy atom. The molecule has 19 heavy (non-hydrogen) atoms. The van der Waals surface area contributed by atoms with Gasteiger partial charge in [-0.05, 0) is 24.6 Å². The summed E-state index contributed by atoms with van der Waals surface area (Å²) >= 11 is 5.88. The number of hydrogen-bond donors (Lipinski definition) is 1. The van der Waals surface area contributed by atoms with Crippen molar-refractivity contribution in [2.75, 3.05) is 0 Å². The Hall–Kier alpha value is -1.32. The summed E-state index contributed by atoms with van der Waals surface area (Å²) in [5, 5.41) is 8.73. The lowest BCUT2D eigenvalue weighted by atomic mass is 10.2. The molecule has 0 aliphatic rings. The molecule has 2 rings (SSSR count). The van der Waals surface area contributed by atoms with Gasteiger partial charge in [-0.25, -0.2) is 0 Å². The summed E-state index contributed by atoms with van der Waals surface area (Å²) in [4.78, 5) is 0. The van der Waals surface area contributed by atoms with E-state index in [1.807, 2.05) is 28.9 Å². The first-order chi connectivity index (χ1) is 9.04. The summed E-state index contributed by atoms with van der Waals surface area (Å²) in [5.41, 5.74) is 3.54. The maximum absolute atomic E-state index is 5.88. The Balaban J connectivity index is 2.05. The van der Waals surface area contributed by atoms with Crippen molar-refractivity contribution in [3.05, 3.63) is 52.3 Å². The van der Waals surface area contributed by atoms with Gasteiger partial charge in [-0.3, -0.25) is 4.68 Å². The second-order valence-electron chi connectivity index (χ2n) is 5.10. The lowest BCUT2D eigenvalue weighted by Crippen LogP contribution is -2.21. The van der Waals surface area contributed by atoms with E-state index in [1.165, 1.54) is 11.1 Å². The molecule has 0 fully saturated rings. The fraction of sp³-hybridized carbons (Fsp3) is 0.400. The van der Waals surface area contributed by atoms with Gasteiger partial charge in [0.2, 0.25) is 0 Å². The molecule has 1 aromatic carbocycles. The van der Waals surface area contributed by atoms with Gasteiger partial charge < -0.3 is 5.32 Å². The minimum Gasteiger partial charge on any atom is -0.310 e. The van der Waals surface area contributed by atoms with Crippen LogP contribution in [0.5, 0.6) is 0 Å². The summed E-state index contributed by atoms with van der Waals surface area (Å²) in [6, 6.07) is 8.37. The Kier molecular flexibility index (Phi) is 4.61. The van der Waals surface area contributed by atoms with Crippen LogP contribution in [0.3, 0.4) is 0 Å². The van der Waals surface area contributed by atoms with Gasteiger partial charge in [0.25, 0.3) is 0 Å². The molecular weight excluding hydrogens is 258 g/mol. The number of nitrogens with one attached hydrogen (secondary N) is 1. The standard InChI is InChI=1S/C15H20ClN3/c1-11(2)17-8-14-10-19(18-12(14)3)9-13-4-6-15(16)7-5-13/h4-7,10-11,17H,8-9H2,1-3H3. The minimum atomic E-state index is 0.485. The van der Waals surface area contributed by atoms with Gasteiger partial charge in [0.05, 0.1) is 12.2 Å². The average molecular weight is 278 g/mol. The smallest absolute Gasteiger partial charge is 0.0659 e. The van der Waals surface area contributed by atoms with Crippen molar-refractivity contribution in [1.29, 1.82) is 0 Å². The van der Waals surface area contributed by atoms with E-state index in [9.17, 15) is 0 Å². The van der Waals surface area contributed by atoms with Crippen molar-refractivity contribution in [1.82, 2.24) is 15.1 Å². The van der Waals surface area contributed by atoms with Gasteiger partial charge in [0, 0.05) is 29.4 Å². The molecule has 0 bridgehead atoms. The highest BCUT2D eigenvalue weighted by Crippen LogP contribution is 2.12. The summed E-state index contributed by atoms with van der Waals surface area (Å²) in [5.74, 6) is 0. The molecule has 1 aromatic heterocycles. The molecule has 4 heteroatoms. The second kappa shape index (κ2) is 6.22. The van der Waals surface area contributed by atoms with Crippen LogP contribution in [-0.4, -0.2) is 15.8 Å². The third-order valence-electron chi connectivity index (χ3n) is 3.01. The summed E-state index contributed by atoms with van der Waals surface area (Å²) in [6.07, 6.45) is 2.11. The molecule has 0 saturated carbocycles. The van der Waals surface area contributed by atoms with Crippen LogP contribution in [0.1, 0.15) is 30.7 Å². The summed E-state index contributed by atoms with van der Waals surface area (Å²) in [6.45, 7) is 7.99. The van der Waals surface area contributed by atoms with Gasteiger partial charge in [-0.2, -0.15) is 5.10 Å². The monoisotopic (exact) mass is 277 g/mol. The van der Waals surface area contributed by atoms with Crippen LogP contribution in [0.4, 0.5) is 0 Å². The first kappa shape index (κ1) is 14.1. The van der Waals surface area contributed by atoms with Gasteiger partial charge in [-0.1, -0.05) is 37.6 Å². The molecule has 1 N–H and O–H groups in total. The number of nitrogens with zero attached hydrogens (tertiary/aromatic N) is 2. The van der Waals surface area contributed by atoms with Crippen molar-refractivity contribution in [2.45, 2.75) is 39.9 Å². The van der Waals surface area contributed by atoms with E-state index in [-0.39, 0.29) is 0 Å². The molecule has 0 radical (unpaired) electrons. The molecule has 2 aromatic rings. The predicted molar refractivity (Wildman–Crippen MR) is 79.5 cm³/mol. The maximum Gasteiger partial charge on any atom is 0.0659 e. The van der Waals surface area contributed by atoms with Gasteiger partial charge in [0.15, 0.2) is 0 Å². The van der Waals surface area contributed by atoms with Crippen molar-refractivity contribution >= 4 is 11.6 Å². The Morgan fingerprint density at radius 3 is 2.58 bits per heavy atom. The molecule has 0 unspecified atom stereocenters. The zero-order valence-electron chi connectivity index (χ0n) is 11.7. The number of aryl methyl sites for hydroxylation is 1. The first-order valence-electron chi connectivity index (χ1n) is 6.55. The largest absolute Gasteiger partial charge is 0.310 e. The fourth-order valence-corrected chi connectivity index (χ4v) is 2.03. The second-order valence-corrected chi connectivity index (χ2v) is 5.54. The van der Waals surface area contributed by atoms with E-state index in [0.29, 0.717) is 6.04 Å². The molecular formula is C15H20ClN3. The highest BCUT2D eigenvalue weighted by Gasteiger charge is 2.05. The molecule has 102 valence electrons. The Labute approximate surface area is 119 Å². The maximum atomic E-state index is 5.88. The Bertz CT molecular complexity index is 529. The average Bonchev–Trinajstić information content (AvgIpc) is 2.70. The van der Waals surface area contributed by atoms with E-state index in [4.69, 9.17) is 11.6 Å². The number of hydrogen-bond acceptors (Lipinski definition) is 2. The molecule has 0 atom stereocenters. The number of rotatable bonds is 5. The molecule has 1 heterocycles. The minimum absolute atomic E-state index is 0.485. The SMILES string of the molecule is Cc1nn(Cc2ccc(Cl)cc2)cc1CNC(C)C. The normalized spacial score (nSPS) is 11.2. The first-order valence-corrected chi connectivity index (χ1v) is 6.93. The number of halogens is 1. The lowest BCUT2D eigenvalue weighted by molar-refractivity contribution is 0.587. The number of aromatic nitrogens is 2. The van der Waals surface area contributed by atoms with Crippen LogP contribution < -0.4 is 5.32 Å². The zero-order valence-corrected chi connectivity index (χ0v) is 12.4. The van der Waals surface area contributed by atoms with Crippen LogP contribution >= 0.6 is 11.6 Å². The van der Waals surface area contributed by atoms with Gasteiger partial charge in [0.1, 0.15) is 0 Å².